The van der Waals surface area contributed by atoms with Gasteiger partial charge in [0.2, 0.25) is 11.6 Å². The monoisotopic (exact) mass is 374 g/mol. The van der Waals surface area contributed by atoms with E-state index < -0.39 is 11.6 Å². The van der Waals surface area contributed by atoms with Crippen LogP contribution in [0, 0.1) is 0 Å². The Bertz CT molecular complexity index is 147. The molecule has 0 radical (unpaired) electrons. The number of methoxy groups -OCH3 is 4. The summed E-state index contributed by atoms with van der Waals surface area (Å²) >= 11 is 0. The molecule has 0 aromatic heterocycles. The Hall–Kier alpha value is 0.670. The minimum Gasteiger partial charge on any atom is -0.379 e. The number of aliphatic hydroxyl groups is 1. The van der Waals surface area contributed by atoms with Crippen LogP contribution in [0.1, 0.15) is 6.92 Å². The zero-order valence-corrected chi connectivity index (χ0v) is 12.9. The Kier molecular flexibility index (Phi) is 8.57. The largest absolute Gasteiger partial charge is 0.379 e. The SMILES string of the molecule is COCC(OC)(OC)C(C)(O)OC.[Hf]. The van der Waals surface area contributed by atoms with Crippen LogP contribution in [-0.4, -0.2) is 51.7 Å². The predicted octanol–water partition coefficient (Wildman–Crippen LogP) is -0.0257. The van der Waals surface area contributed by atoms with Crippen molar-refractivity contribution in [1.82, 2.24) is 0 Å². The normalized spacial score (nSPS) is 15.9. The molecule has 0 heterocycles. The molecule has 84 valence electrons. The van der Waals surface area contributed by atoms with Gasteiger partial charge >= 0.3 is 0 Å². The molecule has 1 atom stereocenters. The van der Waals surface area contributed by atoms with E-state index in [9.17, 15) is 5.11 Å². The molecule has 6 heteroatoms. The van der Waals surface area contributed by atoms with Crippen molar-refractivity contribution in [3.05, 3.63) is 0 Å². The Balaban J connectivity index is 0. The van der Waals surface area contributed by atoms with Gasteiger partial charge < -0.3 is 24.1 Å². The molecule has 0 aromatic carbocycles. The molecule has 0 aliphatic rings. The minimum atomic E-state index is -1.56. The van der Waals surface area contributed by atoms with Crippen LogP contribution in [0.3, 0.4) is 0 Å². The van der Waals surface area contributed by atoms with E-state index in [-0.39, 0.29) is 32.5 Å². The maximum atomic E-state index is 9.81. The van der Waals surface area contributed by atoms with Crippen molar-refractivity contribution in [2.24, 2.45) is 0 Å². The second-order valence-electron chi connectivity index (χ2n) is 2.78. The molecule has 0 aromatic rings. The van der Waals surface area contributed by atoms with Crippen LogP contribution < -0.4 is 0 Å². The molecule has 0 aliphatic heterocycles. The maximum absolute atomic E-state index is 9.81. The first kappa shape index (κ1) is 17.1. The summed E-state index contributed by atoms with van der Waals surface area (Å²) in [5, 5.41) is 9.81. The zero-order valence-electron chi connectivity index (χ0n) is 9.29. The standard InChI is InChI=1S/C8H18O5.Hf/c1-7(9,11-3)8(12-4,13-5)6-10-2;/h9H,6H2,1-5H3;. The van der Waals surface area contributed by atoms with Crippen molar-refractivity contribution in [1.29, 1.82) is 0 Å². The molecule has 0 saturated heterocycles. The van der Waals surface area contributed by atoms with Gasteiger partial charge in [0.1, 0.15) is 6.61 Å². The first-order valence-corrected chi connectivity index (χ1v) is 3.86. The zero-order chi connectivity index (χ0) is 10.5. The van der Waals surface area contributed by atoms with Gasteiger partial charge in [0.15, 0.2) is 0 Å². The van der Waals surface area contributed by atoms with Crippen molar-refractivity contribution in [2.75, 3.05) is 35.0 Å². The van der Waals surface area contributed by atoms with Crippen molar-refractivity contribution < 1.29 is 49.9 Å². The van der Waals surface area contributed by atoms with Crippen LogP contribution in [0.2, 0.25) is 0 Å². The van der Waals surface area contributed by atoms with Crippen LogP contribution in [0.15, 0.2) is 0 Å². The third-order valence-corrected chi connectivity index (χ3v) is 2.10. The van der Waals surface area contributed by atoms with Gasteiger partial charge in [-0.05, 0) is 6.92 Å². The second kappa shape index (κ2) is 7.03. The summed E-state index contributed by atoms with van der Waals surface area (Å²) in [5.41, 5.74) is 0. The second-order valence-corrected chi connectivity index (χ2v) is 2.78. The molecule has 0 aliphatic carbocycles. The van der Waals surface area contributed by atoms with Gasteiger partial charge in [0, 0.05) is 54.3 Å². The van der Waals surface area contributed by atoms with Gasteiger partial charge in [0.05, 0.1) is 0 Å². The van der Waals surface area contributed by atoms with Crippen LogP contribution in [0.5, 0.6) is 0 Å². The summed E-state index contributed by atoms with van der Waals surface area (Å²) in [7, 11) is 5.67. The molecular weight excluding hydrogens is 355 g/mol. The quantitative estimate of drug-likeness (QED) is 0.524. The first-order valence-electron chi connectivity index (χ1n) is 3.86. The fourth-order valence-corrected chi connectivity index (χ4v) is 1.06. The van der Waals surface area contributed by atoms with Crippen molar-refractivity contribution in [3.63, 3.8) is 0 Å². The van der Waals surface area contributed by atoms with Gasteiger partial charge in [-0.2, -0.15) is 0 Å². The van der Waals surface area contributed by atoms with Crippen molar-refractivity contribution in [2.45, 2.75) is 18.5 Å². The summed E-state index contributed by atoms with van der Waals surface area (Å²) in [6.07, 6.45) is 0. The van der Waals surface area contributed by atoms with Crippen molar-refractivity contribution in [3.8, 4) is 0 Å². The average Bonchev–Trinajstić information content (AvgIpc) is 2.14. The summed E-state index contributed by atoms with van der Waals surface area (Å²) in [5.74, 6) is -2.87. The fraction of sp³-hybridized carbons (Fsp3) is 1.00. The van der Waals surface area contributed by atoms with Gasteiger partial charge in [-0.15, -0.1) is 0 Å². The molecule has 14 heavy (non-hydrogen) atoms. The molecule has 0 bridgehead atoms. The van der Waals surface area contributed by atoms with E-state index in [2.05, 4.69) is 0 Å². The maximum Gasteiger partial charge on any atom is 0.246 e. The Morgan fingerprint density at radius 2 is 1.43 bits per heavy atom. The molecule has 0 fully saturated rings. The summed E-state index contributed by atoms with van der Waals surface area (Å²) in [4.78, 5) is 0. The Morgan fingerprint density at radius 1 is 1.00 bits per heavy atom. The summed E-state index contributed by atoms with van der Waals surface area (Å²) in [6.45, 7) is 1.51. The number of rotatable bonds is 6. The number of hydrogen-bond acceptors (Lipinski definition) is 5. The average molecular weight is 373 g/mol. The Morgan fingerprint density at radius 3 is 1.64 bits per heavy atom. The van der Waals surface area contributed by atoms with E-state index in [1.54, 1.807) is 0 Å². The van der Waals surface area contributed by atoms with E-state index in [0.717, 1.165) is 0 Å². The molecule has 5 nitrogen and oxygen atoms in total. The van der Waals surface area contributed by atoms with E-state index >= 15 is 0 Å². The van der Waals surface area contributed by atoms with E-state index in [0.29, 0.717) is 0 Å². The molecule has 0 spiro atoms. The van der Waals surface area contributed by atoms with Gasteiger partial charge in [-0.3, -0.25) is 0 Å². The van der Waals surface area contributed by atoms with E-state index in [1.807, 2.05) is 0 Å². The van der Waals surface area contributed by atoms with Crippen LogP contribution in [-0.2, 0) is 44.8 Å². The topological polar surface area (TPSA) is 57.2 Å². The van der Waals surface area contributed by atoms with Gasteiger partial charge in [-0.1, -0.05) is 0 Å². The Labute approximate surface area is 103 Å². The molecule has 0 saturated carbocycles. The molecular formula is C8H18HfO5. The van der Waals surface area contributed by atoms with Gasteiger partial charge in [0.25, 0.3) is 0 Å². The van der Waals surface area contributed by atoms with E-state index in [4.69, 9.17) is 18.9 Å². The van der Waals surface area contributed by atoms with Crippen LogP contribution in [0.25, 0.3) is 0 Å². The predicted molar refractivity (Wildman–Crippen MR) is 46.3 cm³/mol. The van der Waals surface area contributed by atoms with Crippen molar-refractivity contribution >= 4 is 0 Å². The molecule has 0 amide bonds. The molecule has 0 rings (SSSR count). The smallest absolute Gasteiger partial charge is 0.246 e. The van der Waals surface area contributed by atoms with Crippen LogP contribution >= 0.6 is 0 Å². The summed E-state index contributed by atoms with van der Waals surface area (Å²) in [6, 6.07) is 0. The molecule has 1 N–H and O–H groups in total. The first-order chi connectivity index (χ1) is 5.99. The third kappa shape index (κ3) is 3.36. The molecule has 1 unspecified atom stereocenters. The minimum absolute atomic E-state index is 0. The van der Waals surface area contributed by atoms with Crippen LogP contribution in [0.4, 0.5) is 0 Å². The summed E-state index contributed by atoms with van der Waals surface area (Å²) < 4.78 is 19.9. The fourth-order valence-electron chi connectivity index (χ4n) is 1.06. The van der Waals surface area contributed by atoms with Gasteiger partial charge in [-0.25, -0.2) is 0 Å². The third-order valence-electron chi connectivity index (χ3n) is 2.10. The number of hydrogen-bond donors (Lipinski definition) is 1. The number of ether oxygens (including phenoxy) is 4. The van der Waals surface area contributed by atoms with E-state index in [1.165, 1.54) is 35.4 Å².